The molecule has 0 spiro atoms. The smallest absolute Gasteiger partial charge is 0.0542 e. The van der Waals surface area contributed by atoms with Gasteiger partial charge in [-0.1, -0.05) is 24.3 Å². The highest BCUT2D eigenvalue weighted by Crippen LogP contribution is 2.40. The predicted molar refractivity (Wildman–Crippen MR) is 74.2 cm³/mol. The molecule has 96 valence electrons. The van der Waals surface area contributed by atoms with Gasteiger partial charge in [0.2, 0.25) is 0 Å². The van der Waals surface area contributed by atoms with Gasteiger partial charge in [0, 0.05) is 0 Å². The zero-order valence-electron chi connectivity index (χ0n) is 11.0. The average Bonchev–Trinajstić information content (AvgIpc) is 3.31. The first kappa shape index (κ1) is 12.0. The molecule has 4 rings (SSSR count). The minimum Gasteiger partial charge on any atom is -0.0542 e. The summed E-state index contributed by atoms with van der Waals surface area (Å²) in [6, 6.07) is 18.8. The molecular weight excluding hydrogens is 343 g/mol. The van der Waals surface area contributed by atoms with Crippen molar-refractivity contribution in [3.8, 4) is 0 Å². The summed E-state index contributed by atoms with van der Waals surface area (Å²) in [5.74, 6) is 1.76. The van der Waals surface area contributed by atoms with E-state index in [4.69, 9.17) is 0 Å². The van der Waals surface area contributed by atoms with E-state index in [2.05, 4.69) is 48.5 Å². The topological polar surface area (TPSA) is 0 Å². The minimum absolute atomic E-state index is 0.00425. The quantitative estimate of drug-likeness (QED) is 0.726. The third-order valence-electron chi connectivity index (χ3n) is 4.06. The third-order valence-corrected chi connectivity index (χ3v) is 6.74. The Hall–Kier alpha value is -0.830. The Morgan fingerprint density at radius 3 is 1.26 bits per heavy atom. The van der Waals surface area contributed by atoms with Gasteiger partial charge in [0.05, 0.1) is 0 Å². The second kappa shape index (κ2) is 4.93. The Labute approximate surface area is 125 Å². The van der Waals surface area contributed by atoms with Crippen LogP contribution >= 0.6 is 0 Å². The van der Waals surface area contributed by atoms with Gasteiger partial charge in [-0.3, -0.25) is 0 Å². The zero-order chi connectivity index (χ0) is 12.7. The van der Waals surface area contributed by atoms with Crippen LogP contribution in [-0.4, -0.2) is 0 Å². The highest BCUT2D eigenvalue weighted by atomic mass is 127. The maximum Gasteiger partial charge on any atom is 0.357 e. The third kappa shape index (κ3) is 2.86. The summed E-state index contributed by atoms with van der Waals surface area (Å²) in [6.45, 7) is 0. The first-order valence-corrected chi connectivity index (χ1v) is 9.39. The molecule has 2 aromatic carbocycles. The molecule has 19 heavy (non-hydrogen) atoms. The highest BCUT2D eigenvalue weighted by molar-refractivity contribution is 5.24. The van der Waals surface area contributed by atoms with Gasteiger partial charge < -0.3 is 0 Å². The molecule has 0 nitrogen and oxygen atoms in total. The molecule has 0 aromatic heterocycles. The summed E-state index contributed by atoms with van der Waals surface area (Å²) in [6.07, 6.45) is 5.60. The van der Waals surface area contributed by atoms with E-state index in [0.29, 0.717) is 0 Å². The Kier molecular flexibility index (Phi) is 3.10. The molecular formula is C18H18I+. The van der Waals surface area contributed by atoms with Crippen LogP contribution in [-0.2, 0) is 0 Å². The van der Waals surface area contributed by atoms with Crippen molar-refractivity contribution in [1.82, 2.24) is 0 Å². The van der Waals surface area contributed by atoms with Crippen molar-refractivity contribution in [3.05, 3.63) is 66.8 Å². The van der Waals surface area contributed by atoms with Crippen molar-refractivity contribution in [1.29, 1.82) is 0 Å². The van der Waals surface area contributed by atoms with Gasteiger partial charge in [0.25, 0.3) is 0 Å². The van der Waals surface area contributed by atoms with E-state index in [1.165, 1.54) is 25.7 Å². The molecule has 2 fully saturated rings. The van der Waals surface area contributed by atoms with Crippen LogP contribution in [0.2, 0.25) is 0 Å². The summed E-state index contributed by atoms with van der Waals surface area (Å²) in [5.41, 5.74) is 3.11. The van der Waals surface area contributed by atoms with E-state index >= 15 is 0 Å². The predicted octanol–water partition coefficient (Wildman–Crippen LogP) is 1.57. The van der Waals surface area contributed by atoms with Crippen molar-refractivity contribution in [2.75, 3.05) is 0 Å². The Bertz CT molecular complexity index is 506. The summed E-state index contributed by atoms with van der Waals surface area (Å²) < 4.78 is 3.09. The van der Waals surface area contributed by atoms with Gasteiger partial charge in [0.1, 0.15) is 0 Å². The van der Waals surface area contributed by atoms with Crippen LogP contribution in [0.25, 0.3) is 0 Å². The minimum atomic E-state index is 0.00425. The van der Waals surface area contributed by atoms with Crippen LogP contribution in [0.1, 0.15) is 48.6 Å². The molecule has 2 aliphatic carbocycles. The lowest BCUT2D eigenvalue weighted by Crippen LogP contribution is -3.61. The largest absolute Gasteiger partial charge is 0.357 e. The van der Waals surface area contributed by atoms with Crippen LogP contribution in [0.15, 0.2) is 48.5 Å². The van der Waals surface area contributed by atoms with Gasteiger partial charge in [0.15, 0.2) is 7.14 Å². The second-order valence-corrected chi connectivity index (χ2v) is 8.78. The zero-order valence-corrected chi connectivity index (χ0v) is 13.1. The molecule has 2 aromatic rings. The second-order valence-electron chi connectivity index (χ2n) is 5.75. The van der Waals surface area contributed by atoms with Crippen molar-refractivity contribution < 1.29 is 21.2 Å². The maximum atomic E-state index is 2.36. The summed E-state index contributed by atoms with van der Waals surface area (Å²) in [5, 5.41) is 0. The van der Waals surface area contributed by atoms with E-state index in [-0.39, 0.29) is 21.2 Å². The van der Waals surface area contributed by atoms with E-state index in [1.54, 1.807) is 18.3 Å². The molecule has 0 saturated heterocycles. The molecule has 0 atom stereocenters. The summed E-state index contributed by atoms with van der Waals surface area (Å²) in [4.78, 5) is 0. The fraction of sp³-hybridized carbons (Fsp3) is 0.333. The standard InChI is InChI=1S/C18H18I/c1-2-13(1)15-5-9-17(10-6-15)19-18-11-7-16(8-12-18)14-3-4-14/h5-14H,1-4H2/q+1. The molecule has 0 amide bonds. The van der Waals surface area contributed by atoms with Gasteiger partial charge in [-0.05, 0) is 72.9 Å². The van der Waals surface area contributed by atoms with Crippen LogP contribution in [0.5, 0.6) is 0 Å². The lowest BCUT2D eigenvalue weighted by atomic mass is 10.1. The lowest BCUT2D eigenvalue weighted by molar-refractivity contribution is -0.597. The van der Waals surface area contributed by atoms with Crippen LogP contribution in [0, 0.1) is 7.14 Å². The number of hydrogen-bond donors (Lipinski definition) is 0. The first-order valence-electron chi connectivity index (χ1n) is 7.23. The van der Waals surface area contributed by atoms with Crippen molar-refractivity contribution in [3.63, 3.8) is 0 Å². The van der Waals surface area contributed by atoms with E-state index in [1.807, 2.05) is 0 Å². The SMILES string of the molecule is c1cc(C2CC2)ccc1[I+]c1ccc(C2CC2)cc1. The van der Waals surface area contributed by atoms with E-state index < -0.39 is 0 Å². The Balaban J connectivity index is 1.46. The van der Waals surface area contributed by atoms with Crippen molar-refractivity contribution in [2.24, 2.45) is 0 Å². The number of halogens is 1. The van der Waals surface area contributed by atoms with Crippen molar-refractivity contribution >= 4 is 0 Å². The van der Waals surface area contributed by atoms with Crippen LogP contribution < -0.4 is 21.2 Å². The summed E-state index contributed by atoms with van der Waals surface area (Å²) in [7, 11) is 0. The maximum absolute atomic E-state index is 2.36. The fourth-order valence-corrected chi connectivity index (χ4v) is 4.71. The molecule has 0 N–H and O–H groups in total. The molecule has 2 aliphatic rings. The average molecular weight is 361 g/mol. The molecule has 0 aliphatic heterocycles. The molecule has 2 saturated carbocycles. The monoisotopic (exact) mass is 361 g/mol. The lowest BCUT2D eigenvalue weighted by Gasteiger charge is -1.96. The van der Waals surface area contributed by atoms with Gasteiger partial charge in [-0.15, -0.1) is 0 Å². The summed E-state index contributed by atoms with van der Waals surface area (Å²) >= 11 is 0.00425. The molecule has 1 heteroatoms. The van der Waals surface area contributed by atoms with Crippen molar-refractivity contribution in [2.45, 2.75) is 37.5 Å². The number of rotatable bonds is 4. The molecule has 0 unspecified atom stereocenters. The number of hydrogen-bond acceptors (Lipinski definition) is 0. The van der Waals surface area contributed by atoms with E-state index in [9.17, 15) is 0 Å². The normalized spacial score (nSPS) is 18.5. The van der Waals surface area contributed by atoms with Crippen LogP contribution in [0.3, 0.4) is 0 Å². The van der Waals surface area contributed by atoms with Crippen LogP contribution in [0.4, 0.5) is 0 Å². The highest BCUT2D eigenvalue weighted by Gasteiger charge is 2.25. The van der Waals surface area contributed by atoms with Gasteiger partial charge in [-0.2, -0.15) is 0 Å². The molecule has 0 heterocycles. The van der Waals surface area contributed by atoms with E-state index in [0.717, 1.165) is 11.8 Å². The van der Waals surface area contributed by atoms with Gasteiger partial charge in [-0.25, -0.2) is 0 Å². The fourth-order valence-electron chi connectivity index (χ4n) is 2.56. The molecule has 0 bridgehead atoms. The Morgan fingerprint density at radius 2 is 0.947 bits per heavy atom. The Morgan fingerprint density at radius 1 is 0.579 bits per heavy atom. The van der Waals surface area contributed by atoms with Gasteiger partial charge >= 0.3 is 21.2 Å². The number of benzene rings is 2. The molecule has 0 radical (unpaired) electrons. The first-order chi connectivity index (χ1) is 9.38.